The van der Waals surface area contributed by atoms with E-state index in [0.29, 0.717) is 13.1 Å². The van der Waals surface area contributed by atoms with Gasteiger partial charge in [0, 0.05) is 26.7 Å². The third kappa shape index (κ3) is 19.9. The minimum absolute atomic E-state index is 0. The molecule has 0 aliphatic heterocycles. The average molecular weight is 462 g/mol. The van der Waals surface area contributed by atoms with E-state index in [1.165, 1.54) is 44.9 Å². The van der Waals surface area contributed by atoms with Crippen molar-refractivity contribution >= 4 is 40.0 Å². The molecule has 0 saturated heterocycles. The maximum atomic E-state index is 10.9. The molecule has 140 valence electrons. The predicted molar refractivity (Wildman–Crippen MR) is 110 cm³/mol. The number of unbranched alkanes of at least 4 members (excludes halogenated alkanes) is 7. The Bertz CT molecular complexity index is 389. The van der Waals surface area contributed by atoms with Gasteiger partial charge in [-0.2, -0.15) is 0 Å². The van der Waals surface area contributed by atoms with E-state index in [0.717, 1.165) is 25.2 Å². The summed E-state index contributed by atoms with van der Waals surface area (Å²) >= 11 is 0. The predicted octanol–water partition coefficient (Wildman–Crippen LogP) is 2.46. The Hall–Kier alpha value is -0.0900. The molecule has 3 N–H and O–H groups in total. The highest BCUT2D eigenvalue weighted by molar-refractivity contribution is 14.0. The van der Waals surface area contributed by atoms with Crippen LogP contribution in [0.5, 0.6) is 0 Å². The van der Waals surface area contributed by atoms with Gasteiger partial charge in [0.15, 0.2) is 5.96 Å². The third-order valence-electron chi connectivity index (χ3n) is 3.33. The van der Waals surface area contributed by atoms with Crippen LogP contribution in [0.4, 0.5) is 0 Å². The number of nitrogens with one attached hydrogen (secondary N) is 3. The largest absolute Gasteiger partial charge is 0.356 e. The summed E-state index contributed by atoms with van der Waals surface area (Å²) in [5, 5.41) is 6.32. The number of sulfonamides is 1. The van der Waals surface area contributed by atoms with E-state index in [4.69, 9.17) is 0 Å². The van der Waals surface area contributed by atoms with Crippen LogP contribution in [-0.4, -0.2) is 47.3 Å². The summed E-state index contributed by atoms with van der Waals surface area (Å²) in [7, 11) is -1.40. The molecule has 0 atom stereocenters. The molecular formula is C15H35IN4O2S. The average Bonchev–Trinajstić information content (AvgIpc) is 2.46. The zero-order valence-corrected chi connectivity index (χ0v) is 18.0. The van der Waals surface area contributed by atoms with Gasteiger partial charge in [-0.3, -0.25) is 4.99 Å². The van der Waals surface area contributed by atoms with Gasteiger partial charge in [-0.1, -0.05) is 51.9 Å². The number of guanidine groups is 1. The molecule has 8 heteroatoms. The lowest BCUT2D eigenvalue weighted by Gasteiger charge is -2.11. The molecule has 0 heterocycles. The highest BCUT2D eigenvalue weighted by Gasteiger charge is 2.00. The van der Waals surface area contributed by atoms with Gasteiger partial charge in [-0.05, 0) is 6.42 Å². The molecule has 23 heavy (non-hydrogen) atoms. The van der Waals surface area contributed by atoms with E-state index < -0.39 is 10.0 Å². The number of nitrogens with zero attached hydrogens (tertiary/aromatic N) is 1. The highest BCUT2D eigenvalue weighted by Crippen LogP contribution is 2.07. The van der Waals surface area contributed by atoms with E-state index in [9.17, 15) is 8.42 Å². The van der Waals surface area contributed by atoms with Crippen LogP contribution in [0.1, 0.15) is 58.3 Å². The Kier molecular flexibility index (Phi) is 18.3. The minimum Gasteiger partial charge on any atom is -0.356 e. The van der Waals surface area contributed by atoms with Crippen LogP contribution in [-0.2, 0) is 10.0 Å². The molecule has 0 aromatic heterocycles. The maximum absolute atomic E-state index is 10.9. The highest BCUT2D eigenvalue weighted by atomic mass is 127. The van der Waals surface area contributed by atoms with Crippen molar-refractivity contribution in [2.75, 3.05) is 32.9 Å². The second kappa shape index (κ2) is 16.8. The standard InChI is InChI=1S/C15H34N4O2S.HI/c1-4-5-6-7-8-9-10-11-12-17-15(16-2)18-13-14-19-22(3,20)21;/h19H,4-14H2,1-3H3,(H2,16,17,18);1H. The molecule has 0 bridgehead atoms. The zero-order valence-electron chi connectivity index (χ0n) is 14.9. The Labute approximate surface area is 159 Å². The first-order valence-corrected chi connectivity index (χ1v) is 10.3. The van der Waals surface area contributed by atoms with Crippen molar-refractivity contribution in [2.45, 2.75) is 58.3 Å². The van der Waals surface area contributed by atoms with Gasteiger partial charge in [-0.25, -0.2) is 13.1 Å². The lowest BCUT2D eigenvalue weighted by atomic mass is 10.1. The van der Waals surface area contributed by atoms with Crippen molar-refractivity contribution in [1.82, 2.24) is 15.4 Å². The van der Waals surface area contributed by atoms with Gasteiger partial charge in [-0.15, -0.1) is 24.0 Å². The smallest absolute Gasteiger partial charge is 0.208 e. The fraction of sp³-hybridized carbons (Fsp3) is 0.933. The van der Waals surface area contributed by atoms with Gasteiger partial charge >= 0.3 is 0 Å². The van der Waals surface area contributed by atoms with Gasteiger partial charge in [0.1, 0.15) is 0 Å². The SMILES string of the molecule is CCCCCCCCCCNC(=NC)NCCNS(C)(=O)=O.I. The second-order valence-corrected chi connectivity index (χ2v) is 7.40. The summed E-state index contributed by atoms with van der Waals surface area (Å²) < 4.78 is 24.3. The normalized spacial score (nSPS) is 11.9. The Morgan fingerprint density at radius 3 is 1.91 bits per heavy atom. The van der Waals surface area contributed by atoms with Crippen LogP contribution in [0.2, 0.25) is 0 Å². The summed E-state index contributed by atoms with van der Waals surface area (Å²) in [5.74, 6) is 0.721. The van der Waals surface area contributed by atoms with Crippen LogP contribution in [0.15, 0.2) is 4.99 Å². The number of hydrogen-bond donors (Lipinski definition) is 3. The van der Waals surface area contributed by atoms with Crippen molar-refractivity contribution in [2.24, 2.45) is 4.99 Å². The summed E-state index contributed by atoms with van der Waals surface area (Å²) in [6, 6.07) is 0. The minimum atomic E-state index is -3.11. The monoisotopic (exact) mass is 462 g/mol. The quantitative estimate of drug-likeness (QED) is 0.170. The Balaban J connectivity index is 0. The summed E-state index contributed by atoms with van der Waals surface area (Å²) in [4.78, 5) is 4.11. The lowest BCUT2D eigenvalue weighted by Crippen LogP contribution is -2.41. The first kappa shape index (κ1) is 25.2. The van der Waals surface area contributed by atoms with Crippen molar-refractivity contribution in [3.05, 3.63) is 0 Å². The van der Waals surface area contributed by atoms with Crippen LogP contribution in [0, 0.1) is 0 Å². The van der Waals surface area contributed by atoms with Crippen molar-refractivity contribution in [3.63, 3.8) is 0 Å². The summed E-state index contributed by atoms with van der Waals surface area (Å²) in [5.41, 5.74) is 0. The zero-order chi connectivity index (χ0) is 16.7. The van der Waals surface area contributed by atoms with E-state index in [1.807, 2.05) is 0 Å². The van der Waals surface area contributed by atoms with Crippen molar-refractivity contribution < 1.29 is 8.42 Å². The number of halogens is 1. The fourth-order valence-electron chi connectivity index (χ4n) is 2.10. The van der Waals surface area contributed by atoms with Crippen LogP contribution < -0.4 is 15.4 Å². The van der Waals surface area contributed by atoms with E-state index in [2.05, 4.69) is 27.3 Å². The molecule has 0 saturated carbocycles. The topological polar surface area (TPSA) is 82.6 Å². The van der Waals surface area contributed by atoms with Crippen LogP contribution in [0.3, 0.4) is 0 Å². The van der Waals surface area contributed by atoms with Crippen LogP contribution in [0.25, 0.3) is 0 Å². The second-order valence-electron chi connectivity index (χ2n) is 5.57. The molecule has 0 unspecified atom stereocenters. The van der Waals surface area contributed by atoms with E-state index in [-0.39, 0.29) is 24.0 Å². The molecule has 0 aliphatic rings. The third-order valence-corrected chi connectivity index (χ3v) is 4.06. The number of rotatable bonds is 13. The maximum Gasteiger partial charge on any atom is 0.208 e. The Morgan fingerprint density at radius 2 is 1.39 bits per heavy atom. The molecule has 0 aliphatic carbocycles. The molecule has 0 aromatic carbocycles. The molecule has 0 radical (unpaired) electrons. The first-order valence-electron chi connectivity index (χ1n) is 8.38. The number of aliphatic imine (C=N–C) groups is 1. The van der Waals surface area contributed by atoms with E-state index in [1.54, 1.807) is 7.05 Å². The van der Waals surface area contributed by atoms with E-state index >= 15 is 0 Å². The van der Waals surface area contributed by atoms with Gasteiger partial charge in [0.25, 0.3) is 0 Å². The van der Waals surface area contributed by atoms with Gasteiger partial charge in [0.2, 0.25) is 10.0 Å². The Morgan fingerprint density at radius 1 is 0.870 bits per heavy atom. The van der Waals surface area contributed by atoms with Gasteiger partial charge < -0.3 is 10.6 Å². The van der Waals surface area contributed by atoms with Gasteiger partial charge in [0.05, 0.1) is 6.26 Å². The molecule has 0 aromatic rings. The first-order chi connectivity index (χ1) is 10.5. The molecule has 0 fully saturated rings. The molecule has 0 amide bonds. The fourth-order valence-corrected chi connectivity index (χ4v) is 2.58. The molecule has 6 nitrogen and oxygen atoms in total. The summed E-state index contributed by atoms with van der Waals surface area (Å²) in [6.45, 7) is 4.01. The number of hydrogen-bond acceptors (Lipinski definition) is 3. The van der Waals surface area contributed by atoms with Crippen molar-refractivity contribution in [1.29, 1.82) is 0 Å². The van der Waals surface area contributed by atoms with Crippen molar-refractivity contribution in [3.8, 4) is 0 Å². The molecular weight excluding hydrogens is 427 g/mol. The molecule has 0 rings (SSSR count). The molecule has 0 spiro atoms. The summed E-state index contributed by atoms with van der Waals surface area (Å²) in [6.07, 6.45) is 11.6. The lowest BCUT2D eigenvalue weighted by molar-refractivity contribution is 0.571. The van der Waals surface area contributed by atoms with Crippen LogP contribution >= 0.6 is 24.0 Å².